The SMILES string of the molecule is Cl.NC1(C(=O)NCc2ccccc2[N+](=O)[O-])CCCC1. The number of halogens is 1. The Kier molecular flexibility index (Phi) is 5.47. The lowest BCUT2D eigenvalue weighted by Crippen LogP contribution is -2.51. The van der Waals surface area contributed by atoms with Crippen LogP contribution >= 0.6 is 12.4 Å². The number of benzene rings is 1. The van der Waals surface area contributed by atoms with Crippen molar-refractivity contribution in [3.8, 4) is 0 Å². The molecule has 0 atom stereocenters. The molecule has 7 heteroatoms. The van der Waals surface area contributed by atoms with Gasteiger partial charge in [-0.25, -0.2) is 0 Å². The second-order valence-corrected chi connectivity index (χ2v) is 4.93. The molecule has 20 heavy (non-hydrogen) atoms. The third kappa shape index (κ3) is 3.46. The Morgan fingerprint density at radius 3 is 2.55 bits per heavy atom. The van der Waals surface area contributed by atoms with Crippen molar-refractivity contribution in [3.05, 3.63) is 39.9 Å². The molecule has 0 aromatic heterocycles. The number of hydrogen-bond donors (Lipinski definition) is 2. The average molecular weight is 300 g/mol. The summed E-state index contributed by atoms with van der Waals surface area (Å²) in [5, 5.41) is 13.6. The fourth-order valence-corrected chi connectivity index (χ4v) is 2.42. The van der Waals surface area contributed by atoms with Gasteiger partial charge in [-0.1, -0.05) is 31.0 Å². The number of carbonyl (C=O) groups excluding carboxylic acids is 1. The molecule has 1 aromatic carbocycles. The molecule has 1 saturated carbocycles. The fourth-order valence-electron chi connectivity index (χ4n) is 2.42. The van der Waals surface area contributed by atoms with Crippen molar-refractivity contribution in [1.29, 1.82) is 0 Å². The lowest BCUT2D eigenvalue weighted by Gasteiger charge is -2.22. The van der Waals surface area contributed by atoms with E-state index < -0.39 is 10.5 Å². The lowest BCUT2D eigenvalue weighted by molar-refractivity contribution is -0.385. The maximum atomic E-state index is 12.0. The largest absolute Gasteiger partial charge is 0.350 e. The molecular weight excluding hydrogens is 282 g/mol. The summed E-state index contributed by atoms with van der Waals surface area (Å²) >= 11 is 0. The van der Waals surface area contributed by atoms with Crippen LogP contribution in [0.4, 0.5) is 5.69 Å². The molecule has 0 heterocycles. The Morgan fingerprint density at radius 2 is 1.95 bits per heavy atom. The maximum Gasteiger partial charge on any atom is 0.274 e. The molecule has 3 N–H and O–H groups in total. The Morgan fingerprint density at radius 1 is 1.35 bits per heavy atom. The molecule has 0 radical (unpaired) electrons. The van der Waals surface area contributed by atoms with Crippen molar-refractivity contribution in [3.63, 3.8) is 0 Å². The van der Waals surface area contributed by atoms with Gasteiger partial charge in [0, 0.05) is 18.2 Å². The smallest absolute Gasteiger partial charge is 0.274 e. The van der Waals surface area contributed by atoms with Crippen LogP contribution in [0, 0.1) is 10.1 Å². The normalized spacial score (nSPS) is 16.2. The molecule has 1 aromatic rings. The predicted octanol–water partition coefficient (Wildman–Crippen LogP) is 1.90. The number of nitrogens with one attached hydrogen (secondary N) is 1. The van der Waals surface area contributed by atoms with E-state index in [1.54, 1.807) is 18.2 Å². The molecule has 6 nitrogen and oxygen atoms in total. The van der Waals surface area contributed by atoms with Gasteiger partial charge in [0.25, 0.3) is 5.69 Å². The minimum absolute atomic E-state index is 0. The molecular formula is C13H18ClN3O3. The standard InChI is InChI=1S/C13H17N3O3.ClH/c14-13(7-3-4-8-13)12(17)15-9-10-5-1-2-6-11(10)16(18)19;/h1-2,5-6H,3-4,7-9,14H2,(H,15,17);1H. The van der Waals surface area contributed by atoms with Crippen molar-refractivity contribution < 1.29 is 9.72 Å². The third-order valence-corrected chi connectivity index (χ3v) is 3.58. The number of amides is 1. The molecule has 0 bridgehead atoms. The highest BCUT2D eigenvalue weighted by molar-refractivity contribution is 5.86. The highest BCUT2D eigenvalue weighted by Crippen LogP contribution is 2.27. The van der Waals surface area contributed by atoms with Crippen molar-refractivity contribution in [2.45, 2.75) is 37.8 Å². The van der Waals surface area contributed by atoms with Gasteiger partial charge in [-0.05, 0) is 12.8 Å². The lowest BCUT2D eigenvalue weighted by atomic mass is 9.98. The van der Waals surface area contributed by atoms with Gasteiger partial charge in [-0.3, -0.25) is 14.9 Å². The van der Waals surface area contributed by atoms with E-state index in [0.29, 0.717) is 18.4 Å². The minimum atomic E-state index is -0.802. The first-order valence-corrected chi connectivity index (χ1v) is 6.32. The van der Waals surface area contributed by atoms with Crippen LogP contribution in [-0.2, 0) is 11.3 Å². The molecule has 0 aliphatic heterocycles. The number of nitrogens with zero attached hydrogens (tertiary/aromatic N) is 1. The van der Waals surface area contributed by atoms with E-state index in [1.165, 1.54) is 6.07 Å². The first kappa shape index (κ1) is 16.4. The van der Waals surface area contributed by atoms with Gasteiger partial charge in [0.15, 0.2) is 0 Å². The fraction of sp³-hybridized carbons (Fsp3) is 0.462. The second-order valence-electron chi connectivity index (χ2n) is 4.93. The number of nitro benzene ring substituents is 1. The van der Waals surface area contributed by atoms with E-state index in [1.807, 2.05) is 0 Å². The van der Waals surface area contributed by atoms with Gasteiger partial charge >= 0.3 is 0 Å². The van der Waals surface area contributed by atoms with Crippen LogP contribution in [0.1, 0.15) is 31.2 Å². The van der Waals surface area contributed by atoms with Crippen molar-refractivity contribution in [1.82, 2.24) is 5.32 Å². The van der Waals surface area contributed by atoms with Crippen molar-refractivity contribution in [2.24, 2.45) is 5.73 Å². The zero-order valence-corrected chi connectivity index (χ0v) is 11.8. The van der Waals surface area contributed by atoms with Crippen LogP contribution in [0.2, 0.25) is 0 Å². The number of hydrogen-bond acceptors (Lipinski definition) is 4. The van der Waals surface area contributed by atoms with E-state index >= 15 is 0 Å². The first-order valence-electron chi connectivity index (χ1n) is 6.32. The topological polar surface area (TPSA) is 98.3 Å². The summed E-state index contributed by atoms with van der Waals surface area (Å²) in [6.07, 6.45) is 3.26. The van der Waals surface area contributed by atoms with Crippen LogP contribution < -0.4 is 11.1 Å². The quantitative estimate of drug-likeness (QED) is 0.655. The summed E-state index contributed by atoms with van der Waals surface area (Å²) in [5.74, 6) is -0.219. The molecule has 1 fully saturated rings. The van der Waals surface area contributed by atoms with E-state index in [2.05, 4.69) is 5.32 Å². The second kappa shape index (κ2) is 6.67. The summed E-state index contributed by atoms with van der Waals surface area (Å²) in [6.45, 7) is 0.134. The zero-order chi connectivity index (χ0) is 13.9. The molecule has 110 valence electrons. The molecule has 0 spiro atoms. The molecule has 1 aliphatic carbocycles. The van der Waals surface area contributed by atoms with Gasteiger partial charge in [-0.2, -0.15) is 0 Å². The Balaban J connectivity index is 0.00000200. The molecule has 1 aliphatic rings. The zero-order valence-electron chi connectivity index (χ0n) is 11.0. The number of rotatable bonds is 4. The third-order valence-electron chi connectivity index (χ3n) is 3.58. The minimum Gasteiger partial charge on any atom is -0.350 e. The van der Waals surface area contributed by atoms with Crippen LogP contribution in [-0.4, -0.2) is 16.4 Å². The molecule has 1 amide bonds. The van der Waals surface area contributed by atoms with Crippen molar-refractivity contribution >= 4 is 24.0 Å². The number of nitro groups is 1. The Bertz CT molecular complexity index is 501. The van der Waals surface area contributed by atoms with Gasteiger partial charge in [0.1, 0.15) is 0 Å². The van der Waals surface area contributed by atoms with E-state index in [4.69, 9.17) is 5.73 Å². The Hall–Kier alpha value is -1.66. The molecule has 0 unspecified atom stereocenters. The van der Waals surface area contributed by atoms with Crippen molar-refractivity contribution in [2.75, 3.05) is 0 Å². The van der Waals surface area contributed by atoms with Gasteiger partial charge in [0.2, 0.25) is 5.91 Å². The van der Waals surface area contributed by atoms with Gasteiger partial charge < -0.3 is 11.1 Å². The van der Waals surface area contributed by atoms with Crippen LogP contribution in [0.3, 0.4) is 0 Å². The highest BCUT2D eigenvalue weighted by atomic mass is 35.5. The Labute approximate surface area is 123 Å². The number of para-hydroxylation sites is 1. The highest BCUT2D eigenvalue weighted by Gasteiger charge is 2.36. The predicted molar refractivity (Wildman–Crippen MR) is 77.6 cm³/mol. The maximum absolute atomic E-state index is 12.0. The summed E-state index contributed by atoms with van der Waals surface area (Å²) in [6, 6.07) is 6.37. The van der Waals surface area contributed by atoms with E-state index in [-0.39, 0.29) is 30.5 Å². The van der Waals surface area contributed by atoms with Gasteiger partial charge in [-0.15, -0.1) is 12.4 Å². The van der Waals surface area contributed by atoms with E-state index in [0.717, 1.165) is 12.8 Å². The summed E-state index contributed by atoms with van der Waals surface area (Å²) in [7, 11) is 0. The summed E-state index contributed by atoms with van der Waals surface area (Å²) in [5.41, 5.74) is 5.72. The van der Waals surface area contributed by atoms with Gasteiger partial charge in [0.05, 0.1) is 10.5 Å². The van der Waals surface area contributed by atoms with Crippen LogP contribution in [0.15, 0.2) is 24.3 Å². The monoisotopic (exact) mass is 299 g/mol. The number of carbonyl (C=O) groups is 1. The summed E-state index contributed by atoms with van der Waals surface area (Å²) in [4.78, 5) is 22.4. The first-order chi connectivity index (χ1) is 9.03. The molecule has 2 rings (SSSR count). The van der Waals surface area contributed by atoms with Crippen LogP contribution in [0.5, 0.6) is 0 Å². The average Bonchev–Trinajstić information content (AvgIpc) is 2.84. The van der Waals surface area contributed by atoms with Crippen LogP contribution in [0.25, 0.3) is 0 Å². The number of nitrogens with two attached hydrogens (primary N) is 1. The summed E-state index contributed by atoms with van der Waals surface area (Å²) < 4.78 is 0. The van der Waals surface area contributed by atoms with E-state index in [9.17, 15) is 14.9 Å². The molecule has 0 saturated heterocycles.